The molecule has 3 heterocycles. The lowest BCUT2D eigenvalue weighted by Crippen LogP contribution is -2.53. The lowest BCUT2D eigenvalue weighted by molar-refractivity contribution is -0.136. The van der Waals surface area contributed by atoms with E-state index in [2.05, 4.69) is 10.2 Å². The Balaban J connectivity index is 1.54. The molecule has 0 radical (unpaired) electrons. The van der Waals surface area contributed by atoms with Gasteiger partial charge in [0, 0.05) is 38.8 Å². The highest BCUT2D eigenvalue weighted by atomic mass is 16.2. The van der Waals surface area contributed by atoms with E-state index in [1.165, 1.54) is 0 Å². The van der Waals surface area contributed by atoms with Gasteiger partial charge in [0.1, 0.15) is 12.7 Å². The fourth-order valence-corrected chi connectivity index (χ4v) is 4.10. The van der Waals surface area contributed by atoms with Crippen LogP contribution in [0.15, 0.2) is 36.9 Å². The number of amides is 2. The Morgan fingerprint density at radius 3 is 2.80 bits per heavy atom. The van der Waals surface area contributed by atoms with Crippen molar-refractivity contribution in [2.24, 2.45) is 0 Å². The molecule has 1 aromatic heterocycles. The summed E-state index contributed by atoms with van der Waals surface area (Å²) in [6.07, 6.45) is 5.24. The highest BCUT2D eigenvalue weighted by molar-refractivity contribution is 6.08. The van der Waals surface area contributed by atoms with Crippen LogP contribution in [0.3, 0.4) is 0 Å². The molecule has 1 atom stereocenters. The molecule has 2 amide bonds. The van der Waals surface area contributed by atoms with Gasteiger partial charge in [-0.2, -0.15) is 0 Å². The number of para-hydroxylation sites is 1. The third kappa shape index (κ3) is 2.50. The second kappa shape index (κ2) is 5.98. The third-order valence-electron chi connectivity index (χ3n) is 5.39. The van der Waals surface area contributed by atoms with Crippen molar-refractivity contribution in [3.05, 3.63) is 42.5 Å². The van der Waals surface area contributed by atoms with E-state index < -0.39 is 5.41 Å². The maximum absolute atomic E-state index is 13.0. The van der Waals surface area contributed by atoms with Crippen molar-refractivity contribution >= 4 is 17.5 Å². The molecule has 2 aromatic rings. The number of aryl methyl sites for hydroxylation is 1. The minimum Gasteiger partial charge on any atom is -0.341 e. The second-order valence-electron chi connectivity index (χ2n) is 6.83. The van der Waals surface area contributed by atoms with Gasteiger partial charge in [0.2, 0.25) is 11.8 Å². The van der Waals surface area contributed by atoms with Crippen molar-refractivity contribution in [1.82, 2.24) is 19.7 Å². The molecule has 1 unspecified atom stereocenters. The fraction of sp³-hybridized carbons (Fsp3) is 0.444. The molecular weight excluding hydrogens is 318 g/mol. The number of fused-ring (bicyclic) bond motifs is 2. The van der Waals surface area contributed by atoms with Crippen molar-refractivity contribution < 1.29 is 9.59 Å². The Morgan fingerprint density at radius 2 is 2.00 bits per heavy atom. The Morgan fingerprint density at radius 1 is 1.24 bits per heavy atom. The number of nitrogens with zero attached hydrogens (tertiary/aromatic N) is 5. The van der Waals surface area contributed by atoms with Crippen molar-refractivity contribution in [2.75, 3.05) is 25.0 Å². The third-order valence-corrected chi connectivity index (χ3v) is 5.39. The smallest absolute Gasteiger partial charge is 0.239 e. The van der Waals surface area contributed by atoms with Crippen molar-refractivity contribution in [3.8, 4) is 0 Å². The second-order valence-corrected chi connectivity index (χ2v) is 6.83. The standard InChI is InChI=1S/C18H21N5O2/c1-21-15-6-3-2-5-14(15)18(17(21)25)8-4-9-23(11-18)16(24)7-10-22-12-19-20-13-22/h2-3,5-6,12-13H,4,7-11H2,1H3. The molecule has 1 saturated heterocycles. The molecule has 1 fully saturated rings. The zero-order valence-corrected chi connectivity index (χ0v) is 14.3. The molecule has 0 bridgehead atoms. The van der Waals surface area contributed by atoms with E-state index >= 15 is 0 Å². The number of likely N-dealkylation sites (N-methyl/N-ethyl adjacent to an activating group) is 1. The van der Waals surface area contributed by atoms with Crippen molar-refractivity contribution in [2.45, 2.75) is 31.2 Å². The summed E-state index contributed by atoms with van der Waals surface area (Å²) in [4.78, 5) is 29.3. The van der Waals surface area contributed by atoms with Crippen LogP contribution in [0.25, 0.3) is 0 Å². The Kier molecular flexibility index (Phi) is 3.78. The summed E-state index contributed by atoms with van der Waals surface area (Å²) >= 11 is 0. The van der Waals surface area contributed by atoms with E-state index in [9.17, 15) is 9.59 Å². The number of aromatic nitrogens is 3. The van der Waals surface area contributed by atoms with Gasteiger partial charge in [-0.05, 0) is 24.5 Å². The number of carbonyl (C=O) groups excluding carboxylic acids is 2. The van der Waals surface area contributed by atoms with Gasteiger partial charge in [0.25, 0.3) is 0 Å². The van der Waals surface area contributed by atoms with Crippen LogP contribution in [0.5, 0.6) is 0 Å². The molecule has 4 rings (SSSR count). The first-order valence-corrected chi connectivity index (χ1v) is 8.60. The quantitative estimate of drug-likeness (QED) is 0.843. The van der Waals surface area contributed by atoms with Gasteiger partial charge in [-0.15, -0.1) is 10.2 Å². The SMILES string of the molecule is CN1C(=O)C2(CCCN(C(=O)CCn3cnnc3)C2)c2ccccc21. The van der Waals surface area contributed by atoms with Crippen LogP contribution in [0.1, 0.15) is 24.8 Å². The van der Waals surface area contributed by atoms with Gasteiger partial charge in [-0.25, -0.2) is 0 Å². The molecule has 0 saturated carbocycles. The monoisotopic (exact) mass is 339 g/mol. The molecule has 7 heteroatoms. The normalized spacial score (nSPS) is 22.5. The number of hydrogen-bond donors (Lipinski definition) is 0. The summed E-state index contributed by atoms with van der Waals surface area (Å²) < 4.78 is 1.79. The number of hydrogen-bond acceptors (Lipinski definition) is 4. The summed E-state index contributed by atoms with van der Waals surface area (Å²) in [5.74, 6) is 0.178. The number of benzene rings is 1. The molecule has 25 heavy (non-hydrogen) atoms. The number of anilines is 1. The van der Waals surface area contributed by atoms with Crippen LogP contribution in [-0.2, 0) is 21.5 Å². The molecule has 0 aliphatic carbocycles. The Labute approximate surface area is 146 Å². The molecular formula is C18H21N5O2. The lowest BCUT2D eigenvalue weighted by atomic mass is 9.75. The molecule has 1 aromatic carbocycles. The van der Waals surface area contributed by atoms with Gasteiger partial charge in [0.05, 0.1) is 5.41 Å². The summed E-state index contributed by atoms with van der Waals surface area (Å²) in [5.41, 5.74) is 1.43. The van der Waals surface area contributed by atoms with Crippen LogP contribution in [0.2, 0.25) is 0 Å². The highest BCUT2D eigenvalue weighted by Gasteiger charge is 2.52. The maximum Gasteiger partial charge on any atom is 0.239 e. The first-order chi connectivity index (χ1) is 12.1. The molecule has 130 valence electrons. The van der Waals surface area contributed by atoms with E-state index in [-0.39, 0.29) is 11.8 Å². The highest BCUT2D eigenvalue weighted by Crippen LogP contribution is 2.46. The molecule has 2 aliphatic heterocycles. The van der Waals surface area contributed by atoms with E-state index in [0.717, 1.165) is 24.1 Å². The van der Waals surface area contributed by atoms with Gasteiger partial charge in [-0.1, -0.05) is 18.2 Å². The molecule has 0 N–H and O–H groups in total. The van der Waals surface area contributed by atoms with E-state index in [0.29, 0.717) is 26.1 Å². The number of piperidine rings is 1. The van der Waals surface area contributed by atoms with Crippen LogP contribution in [0, 0.1) is 0 Å². The first kappa shape index (κ1) is 15.8. The summed E-state index contributed by atoms with van der Waals surface area (Å²) in [5, 5.41) is 7.50. The van der Waals surface area contributed by atoms with Crippen LogP contribution in [-0.4, -0.2) is 51.6 Å². The van der Waals surface area contributed by atoms with Gasteiger partial charge in [-0.3, -0.25) is 9.59 Å². The summed E-state index contributed by atoms with van der Waals surface area (Å²) in [7, 11) is 1.82. The summed E-state index contributed by atoms with van der Waals surface area (Å²) in [6, 6.07) is 7.93. The predicted octanol–water partition coefficient (Wildman–Crippen LogP) is 1.21. The average Bonchev–Trinajstić information content (AvgIpc) is 3.24. The van der Waals surface area contributed by atoms with Crippen molar-refractivity contribution in [1.29, 1.82) is 0 Å². The van der Waals surface area contributed by atoms with E-state index in [1.807, 2.05) is 36.2 Å². The molecule has 1 spiro atoms. The Bertz CT molecular complexity index is 804. The minimum absolute atomic E-state index is 0.0765. The van der Waals surface area contributed by atoms with Gasteiger partial charge < -0.3 is 14.4 Å². The number of carbonyl (C=O) groups is 2. The zero-order chi connectivity index (χ0) is 17.4. The maximum atomic E-state index is 13.0. The number of likely N-dealkylation sites (tertiary alicyclic amines) is 1. The predicted molar refractivity (Wildman–Crippen MR) is 92.0 cm³/mol. The zero-order valence-electron chi connectivity index (χ0n) is 14.3. The lowest BCUT2D eigenvalue weighted by Gasteiger charge is -2.39. The van der Waals surface area contributed by atoms with Gasteiger partial charge >= 0.3 is 0 Å². The fourth-order valence-electron chi connectivity index (χ4n) is 4.10. The van der Waals surface area contributed by atoms with Crippen molar-refractivity contribution in [3.63, 3.8) is 0 Å². The van der Waals surface area contributed by atoms with E-state index in [4.69, 9.17) is 0 Å². The largest absolute Gasteiger partial charge is 0.341 e. The Hall–Kier alpha value is -2.70. The average molecular weight is 339 g/mol. The van der Waals surface area contributed by atoms with Gasteiger partial charge in [0.15, 0.2) is 0 Å². The summed E-state index contributed by atoms with van der Waals surface area (Å²) in [6.45, 7) is 1.73. The van der Waals surface area contributed by atoms with Crippen LogP contribution >= 0.6 is 0 Å². The number of rotatable bonds is 3. The molecule has 2 aliphatic rings. The minimum atomic E-state index is -0.587. The molecule has 7 nitrogen and oxygen atoms in total. The topological polar surface area (TPSA) is 71.3 Å². The first-order valence-electron chi connectivity index (χ1n) is 8.60. The van der Waals surface area contributed by atoms with E-state index in [1.54, 1.807) is 22.1 Å². The van der Waals surface area contributed by atoms with Crippen LogP contribution < -0.4 is 4.90 Å². The van der Waals surface area contributed by atoms with Crippen LogP contribution in [0.4, 0.5) is 5.69 Å².